The lowest BCUT2D eigenvalue weighted by Gasteiger charge is -2.38. The van der Waals surface area contributed by atoms with Gasteiger partial charge in [0.15, 0.2) is 5.76 Å². The van der Waals surface area contributed by atoms with Crippen LogP contribution < -0.4 is 0 Å². The molecule has 1 aliphatic rings. The maximum Gasteiger partial charge on any atom is 0.209 e. The van der Waals surface area contributed by atoms with Crippen molar-refractivity contribution in [3.8, 4) is 11.3 Å². The second-order valence-electron chi connectivity index (χ2n) is 5.94. The Morgan fingerprint density at radius 1 is 1.41 bits per heavy atom. The first-order chi connectivity index (χ1) is 10.7. The van der Waals surface area contributed by atoms with Crippen LogP contribution in [-0.4, -0.2) is 34.2 Å². The fraction of sp³-hybridized carbons (Fsp3) is 0.471. The quantitative estimate of drug-likeness (QED) is 0.935. The molecule has 0 radical (unpaired) electrons. The third kappa shape index (κ3) is 3.19. The van der Waals surface area contributed by atoms with Gasteiger partial charge in [0.1, 0.15) is 0 Å². The highest BCUT2D eigenvalue weighted by Gasteiger charge is 2.28. The number of hydrogen-bond acceptors (Lipinski definition) is 4. The minimum Gasteiger partial charge on any atom is -0.439 e. The Kier molecular flexibility index (Phi) is 4.81. The second kappa shape index (κ2) is 6.82. The van der Waals surface area contributed by atoms with Gasteiger partial charge in [0.2, 0.25) is 5.89 Å². The van der Waals surface area contributed by atoms with Gasteiger partial charge in [0.25, 0.3) is 0 Å². The molecule has 2 aromatic rings. The van der Waals surface area contributed by atoms with Gasteiger partial charge in [0.05, 0.1) is 24.4 Å². The molecule has 118 valence electrons. The largest absolute Gasteiger partial charge is 0.439 e. The van der Waals surface area contributed by atoms with Crippen LogP contribution in [0.25, 0.3) is 11.3 Å². The number of aliphatic hydroxyl groups excluding tert-OH is 1. The number of aromatic nitrogens is 1. The van der Waals surface area contributed by atoms with Crippen LogP contribution in [0.5, 0.6) is 0 Å². The van der Waals surface area contributed by atoms with E-state index >= 15 is 0 Å². The molecule has 1 N–H and O–H groups in total. The monoisotopic (exact) mass is 320 g/mol. The third-order valence-corrected chi connectivity index (χ3v) is 4.78. The average molecular weight is 321 g/mol. The number of halogens is 1. The predicted molar refractivity (Wildman–Crippen MR) is 86.6 cm³/mol. The van der Waals surface area contributed by atoms with Crippen LogP contribution in [0.15, 0.2) is 34.9 Å². The van der Waals surface area contributed by atoms with Crippen LogP contribution in [0.2, 0.25) is 5.02 Å². The molecule has 0 spiro atoms. The van der Waals surface area contributed by atoms with Crippen LogP contribution in [0, 0.1) is 5.92 Å². The SMILES string of the molecule is CC1CCCN(Cc2ncc(-c3ccccc3Cl)o2)C1CO. The van der Waals surface area contributed by atoms with E-state index in [1.165, 1.54) is 0 Å². The zero-order valence-electron chi connectivity index (χ0n) is 12.7. The van der Waals surface area contributed by atoms with E-state index in [0.29, 0.717) is 29.1 Å². The van der Waals surface area contributed by atoms with E-state index in [1.54, 1.807) is 6.20 Å². The highest BCUT2D eigenvalue weighted by Crippen LogP contribution is 2.29. The van der Waals surface area contributed by atoms with Gasteiger partial charge in [-0.3, -0.25) is 4.90 Å². The lowest BCUT2D eigenvalue weighted by atomic mass is 9.91. The zero-order valence-corrected chi connectivity index (χ0v) is 13.5. The molecule has 1 saturated heterocycles. The van der Waals surface area contributed by atoms with Gasteiger partial charge in [-0.15, -0.1) is 0 Å². The van der Waals surface area contributed by atoms with Gasteiger partial charge in [-0.1, -0.05) is 30.7 Å². The Labute approximate surface area is 135 Å². The molecule has 0 bridgehead atoms. The van der Waals surface area contributed by atoms with E-state index in [2.05, 4.69) is 16.8 Å². The molecule has 2 atom stereocenters. The molecule has 0 aliphatic carbocycles. The summed E-state index contributed by atoms with van der Waals surface area (Å²) in [5.74, 6) is 1.85. The molecule has 0 amide bonds. The predicted octanol–water partition coefficient (Wildman–Crippen LogP) is 3.59. The number of hydrogen-bond donors (Lipinski definition) is 1. The Morgan fingerprint density at radius 2 is 2.23 bits per heavy atom. The van der Waals surface area contributed by atoms with Crippen molar-refractivity contribution in [2.75, 3.05) is 13.2 Å². The Balaban J connectivity index is 1.75. The molecule has 1 aliphatic heterocycles. The number of oxazole rings is 1. The number of nitrogens with zero attached hydrogens (tertiary/aromatic N) is 2. The maximum absolute atomic E-state index is 9.62. The van der Waals surface area contributed by atoms with Crippen molar-refractivity contribution in [3.05, 3.63) is 41.4 Å². The van der Waals surface area contributed by atoms with Crippen molar-refractivity contribution >= 4 is 11.6 Å². The number of benzene rings is 1. The second-order valence-corrected chi connectivity index (χ2v) is 6.35. The van der Waals surface area contributed by atoms with Crippen molar-refractivity contribution < 1.29 is 9.52 Å². The van der Waals surface area contributed by atoms with E-state index < -0.39 is 0 Å². The van der Waals surface area contributed by atoms with Gasteiger partial charge in [-0.2, -0.15) is 0 Å². The van der Waals surface area contributed by atoms with E-state index in [-0.39, 0.29) is 12.6 Å². The summed E-state index contributed by atoms with van der Waals surface area (Å²) in [4.78, 5) is 6.63. The maximum atomic E-state index is 9.62. The van der Waals surface area contributed by atoms with E-state index in [0.717, 1.165) is 24.9 Å². The summed E-state index contributed by atoms with van der Waals surface area (Å²) >= 11 is 6.19. The molecule has 1 aromatic heterocycles. The van der Waals surface area contributed by atoms with Crippen LogP contribution in [0.3, 0.4) is 0 Å². The van der Waals surface area contributed by atoms with Gasteiger partial charge in [-0.25, -0.2) is 4.98 Å². The third-order valence-electron chi connectivity index (χ3n) is 4.45. The van der Waals surface area contributed by atoms with E-state index in [1.807, 2.05) is 24.3 Å². The summed E-state index contributed by atoms with van der Waals surface area (Å²) in [6.45, 7) is 3.97. The molecule has 4 nitrogen and oxygen atoms in total. The summed E-state index contributed by atoms with van der Waals surface area (Å²) < 4.78 is 5.86. The fourth-order valence-corrected chi connectivity index (χ4v) is 3.40. The molecule has 1 fully saturated rings. The first-order valence-corrected chi connectivity index (χ1v) is 8.11. The van der Waals surface area contributed by atoms with Gasteiger partial charge >= 0.3 is 0 Å². The molecule has 0 saturated carbocycles. The minimum absolute atomic E-state index is 0.180. The zero-order chi connectivity index (χ0) is 15.5. The molecule has 2 heterocycles. The Morgan fingerprint density at radius 3 is 3.00 bits per heavy atom. The van der Waals surface area contributed by atoms with Crippen LogP contribution >= 0.6 is 11.6 Å². The lowest BCUT2D eigenvalue weighted by molar-refractivity contribution is 0.0415. The van der Waals surface area contributed by atoms with Gasteiger partial charge in [-0.05, 0) is 37.4 Å². The topological polar surface area (TPSA) is 49.5 Å². The van der Waals surface area contributed by atoms with E-state index in [9.17, 15) is 5.11 Å². The Hall–Kier alpha value is -1.36. The van der Waals surface area contributed by atoms with Gasteiger partial charge < -0.3 is 9.52 Å². The molecule has 22 heavy (non-hydrogen) atoms. The van der Waals surface area contributed by atoms with Crippen molar-refractivity contribution in [3.63, 3.8) is 0 Å². The van der Waals surface area contributed by atoms with Crippen molar-refractivity contribution in [1.82, 2.24) is 9.88 Å². The number of aliphatic hydroxyl groups is 1. The lowest BCUT2D eigenvalue weighted by Crippen LogP contribution is -2.46. The van der Waals surface area contributed by atoms with Crippen LogP contribution in [-0.2, 0) is 6.54 Å². The summed E-state index contributed by atoms with van der Waals surface area (Å²) in [5, 5.41) is 10.3. The molecule has 3 rings (SSSR count). The van der Waals surface area contributed by atoms with Gasteiger partial charge in [0, 0.05) is 11.6 Å². The standard InChI is InChI=1S/C17H21ClN2O2/c1-12-5-4-8-20(15(12)11-21)10-17-19-9-16(22-17)13-6-2-3-7-14(13)18/h2-3,6-7,9,12,15,21H,4-5,8,10-11H2,1H3. The van der Waals surface area contributed by atoms with Crippen molar-refractivity contribution in [1.29, 1.82) is 0 Å². The smallest absolute Gasteiger partial charge is 0.209 e. The van der Waals surface area contributed by atoms with E-state index in [4.69, 9.17) is 16.0 Å². The van der Waals surface area contributed by atoms with Crippen molar-refractivity contribution in [2.45, 2.75) is 32.4 Å². The molecule has 2 unspecified atom stereocenters. The first-order valence-electron chi connectivity index (χ1n) is 7.73. The first kappa shape index (κ1) is 15.5. The number of rotatable bonds is 4. The average Bonchev–Trinajstić information content (AvgIpc) is 2.96. The molecular formula is C17H21ClN2O2. The normalized spacial score (nSPS) is 22.9. The molecule has 1 aromatic carbocycles. The fourth-order valence-electron chi connectivity index (χ4n) is 3.17. The molecule has 5 heteroatoms. The summed E-state index contributed by atoms with van der Waals surface area (Å²) in [6, 6.07) is 7.77. The number of piperidine rings is 1. The Bertz CT molecular complexity index is 629. The number of likely N-dealkylation sites (tertiary alicyclic amines) is 1. The van der Waals surface area contributed by atoms with Crippen molar-refractivity contribution in [2.24, 2.45) is 5.92 Å². The molecular weight excluding hydrogens is 300 g/mol. The summed E-state index contributed by atoms with van der Waals surface area (Å²) in [7, 11) is 0. The summed E-state index contributed by atoms with van der Waals surface area (Å²) in [6.07, 6.45) is 4.03. The highest BCUT2D eigenvalue weighted by molar-refractivity contribution is 6.33. The van der Waals surface area contributed by atoms with Crippen LogP contribution in [0.1, 0.15) is 25.7 Å². The van der Waals surface area contributed by atoms with Crippen LogP contribution in [0.4, 0.5) is 0 Å². The highest BCUT2D eigenvalue weighted by atomic mass is 35.5. The summed E-state index contributed by atoms with van der Waals surface area (Å²) in [5.41, 5.74) is 0.855. The minimum atomic E-state index is 0.180.